The molecule has 3 heterocycles. The molecule has 1 aromatic heterocycles. The van der Waals surface area contributed by atoms with Crippen molar-refractivity contribution < 1.29 is 9.59 Å². The monoisotopic (exact) mass is 354 g/mol. The van der Waals surface area contributed by atoms with Gasteiger partial charge in [0, 0.05) is 32.6 Å². The Labute approximate surface area is 151 Å². The Morgan fingerprint density at radius 1 is 1.27 bits per heavy atom. The standard InChI is InChI=1S/C18H22N6O2/c1-23(2)17-19-16(26)18(20-17)7-9-24(10-8-18)15(25)11-14-12-5-3-4-6-13(12)21-22-14/h3-6H,7-11H2,1-2H3,(H,21,22)(H,19,20,26). The molecule has 0 radical (unpaired) electrons. The van der Waals surface area contributed by atoms with Crippen molar-refractivity contribution in [1.29, 1.82) is 0 Å². The zero-order chi connectivity index (χ0) is 18.3. The van der Waals surface area contributed by atoms with Crippen molar-refractivity contribution in [2.45, 2.75) is 24.8 Å². The number of carbonyl (C=O) groups is 2. The fraction of sp³-hybridized carbons (Fsp3) is 0.444. The molecule has 0 unspecified atom stereocenters. The molecule has 136 valence electrons. The van der Waals surface area contributed by atoms with E-state index < -0.39 is 5.54 Å². The maximum atomic E-state index is 12.7. The molecule has 0 aliphatic carbocycles. The number of amides is 2. The molecule has 0 bridgehead atoms. The number of nitrogens with zero attached hydrogens (tertiary/aromatic N) is 4. The lowest BCUT2D eigenvalue weighted by Gasteiger charge is -2.35. The number of rotatable bonds is 2. The summed E-state index contributed by atoms with van der Waals surface area (Å²) in [6.45, 7) is 1.06. The van der Waals surface area contributed by atoms with Crippen molar-refractivity contribution in [1.82, 2.24) is 25.3 Å². The van der Waals surface area contributed by atoms with Gasteiger partial charge < -0.3 is 9.80 Å². The van der Waals surface area contributed by atoms with Gasteiger partial charge in [0.1, 0.15) is 5.54 Å². The lowest BCUT2D eigenvalue weighted by atomic mass is 9.88. The van der Waals surface area contributed by atoms with E-state index in [1.807, 2.05) is 43.3 Å². The van der Waals surface area contributed by atoms with Crippen molar-refractivity contribution in [3.8, 4) is 0 Å². The van der Waals surface area contributed by atoms with Crippen molar-refractivity contribution in [2.75, 3.05) is 27.2 Å². The number of hydrogen-bond donors (Lipinski definition) is 2. The van der Waals surface area contributed by atoms with Gasteiger partial charge in [0.05, 0.1) is 17.6 Å². The molecule has 2 N–H and O–H groups in total. The summed E-state index contributed by atoms with van der Waals surface area (Å²) < 4.78 is 0. The van der Waals surface area contributed by atoms with Crippen LogP contribution >= 0.6 is 0 Å². The first-order chi connectivity index (χ1) is 12.5. The van der Waals surface area contributed by atoms with E-state index in [1.165, 1.54) is 0 Å². The minimum atomic E-state index is -0.725. The van der Waals surface area contributed by atoms with E-state index >= 15 is 0 Å². The van der Waals surface area contributed by atoms with Crippen LogP contribution in [0.2, 0.25) is 0 Å². The average molecular weight is 354 g/mol. The number of likely N-dealkylation sites (tertiary alicyclic amines) is 1. The molecule has 2 aromatic rings. The number of aromatic amines is 1. The fourth-order valence-electron chi connectivity index (χ4n) is 3.59. The molecule has 8 heteroatoms. The minimum absolute atomic E-state index is 0.0458. The molecule has 2 aliphatic rings. The highest BCUT2D eigenvalue weighted by Gasteiger charge is 2.46. The Morgan fingerprint density at radius 2 is 2.00 bits per heavy atom. The molecule has 0 atom stereocenters. The minimum Gasteiger partial charge on any atom is -0.349 e. The highest BCUT2D eigenvalue weighted by molar-refractivity contribution is 6.07. The smallest absolute Gasteiger partial charge is 0.254 e. The van der Waals surface area contributed by atoms with Crippen LogP contribution in [0, 0.1) is 0 Å². The molecule has 1 spiro atoms. The summed E-state index contributed by atoms with van der Waals surface area (Å²) in [5.41, 5.74) is 0.968. The van der Waals surface area contributed by atoms with Gasteiger partial charge in [-0.2, -0.15) is 5.10 Å². The SMILES string of the molecule is CN(C)C1=NC2(CCN(C(=O)Cc3[nH]nc4ccccc34)CC2)C(=O)N1. The summed E-state index contributed by atoms with van der Waals surface area (Å²) in [5, 5.41) is 11.0. The number of benzene rings is 1. The van der Waals surface area contributed by atoms with Crippen LogP contribution in [0.3, 0.4) is 0 Å². The summed E-state index contributed by atoms with van der Waals surface area (Å²) >= 11 is 0. The van der Waals surface area contributed by atoms with Gasteiger partial charge in [-0.15, -0.1) is 0 Å². The summed E-state index contributed by atoms with van der Waals surface area (Å²) in [6, 6.07) is 7.75. The highest BCUT2D eigenvalue weighted by atomic mass is 16.2. The van der Waals surface area contributed by atoms with Crippen LogP contribution < -0.4 is 5.32 Å². The number of fused-ring (bicyclic) bond motifs is 1. The van der Waals surface area contributed by atoms with Crippen LogP contribution in [-0.4, -0.2) is 70.5 Å². The molecule has 1 aromatic carbocycles. The van der Waals surface area contributed by atoms with Crippen LogP contribution in [0.4, 0.5) is 0 Å². The molecule has 2 aliphatic heterocycles. The first kappa shape index (κ1) is 16.6. The van der Waals surface area contributed by atoms with Crippen molar-refractivity contribution in [3.05, 3.63) is 30.0 Å². The van der Waals surface area contributed by atoms with Gasteiger partial charge in [-0.1, -0.05) is 18.2 Å². The van der Waals surface area contributed by atoms with E-state index in [9.17, 15) is 9.59 Å². The van der Waals surface area contributed by atoms with E-state index in [0.29, 0.717) is 31.9 Å². The zero-order valence-corrected chi connectivity index (χ0v) is 15.0. The van der Waals surface area contributed by atoms with Gasteiger partial charge in [-0.05, 0) is 18.9 Å². The number of aromatic nitrogens is 2. The normalized spacial score (nSPS) is 18.9. The maximum Gasteiger partial charge on any atom is 0.254 e. The summed E-state index contributed by atoms with van der Waals surface area (Å²) in [5.74, 6) is 0.580. The molecular formula is C18H22N6O2. The van der Waals surface area contributed by atoms with E-state index in [4.69, 9.17) is 0 Å². The van der Waals surface area contributed by atoms with E-state index in [0.717, 1.165) is 16.6 Å². The number of carbonyl (C=O) groups excluding carboxylic acids is 2. The van der Waals surface area contributed by atoms with Crippen LogP contribution in [0.25, 0.3) is 10.9 Å². The molecule has 4 rings (SSSR count). The third kappa shape index (κ3) is 2.71. The van der Waals surface area contributed by atoms with Crippen LogP contribution in [0.15, 0.2) is 29.3 Å². The maximum absolute atomic E-state index is 12.7. The molecular weight excluding hydrogens is 332 g/mol. The predicted octanol–water partition coefficient (Wildman–Crippen LogP) is 0.514. The van der Waals surface area contributed by atoms with Gasteiger partial charge in [-0.25, -0.2) is 4.99 Å². The quantitative estimate of drug-likeness (QED) is 0.822. The number of hydrogen-bond acceptors (Lipinski definition) is 5. The van der Waals surface area contributed by atoms with Gasteiger partial charge >= 0.3 is 0 Å². The number of piperidine rings is 1. The van der Waals surface area contributed by atoms with Crippen molar-refractivity contribution in [2.24, 2.45) is 4.99 Å². The van der Waals surface area contributed by atoms with Crippen molar-refractivity contribution in [3.63, 3.8) is 0 Å². The Balaban J connectivity index is 1.43. The first-order valence-electron chi connectivity index (χ1n) is 8.77. The number of nitrogens with one attached hydrogen (secondary N) is 2. The lowest BCUT2D eigenvalue weighted by Crippen LogP contribution is -2.51. The molecule has 1 fully saturated rings. The second kappa shape index (κ2) is 6.12. The van der Waals surface area contributed by atoms with Gasteiger partial charge in [0.2, 0.25) is 11.9 Å². The molecule has 2 amide bonds. The van der Waals surface area contributed by atoms with Crippen LogP contribution in [0.5, 0.6) is 0 Å². The number of H-pyrrole nitrogens is 1. The van der Waals surface area contributed by atoms with Gasteiger partial charge in [0.15, 0.2) is 0 Å². The molecule has 26 heavy (non-hydrogen) atoms. The van der Waals surface area contributed by atoms with Crippen molar-refractivity contribution >= 4 is 28.7 Å². The largest absolute Gasteiger partial charge is 0.349 e. The molecule has 1 saturated heterocycles. The lowest BCUT2D eigenvalue weighted by molar-refractivity contribution is -0.135. The summed E-state index contributed by atoms with van der Waals surface area (Å²) in [6.07, 6.45) is 1.38. The predicted molar refractivity (Wildman–Crippen MR) is 97.6 cm³/mol. The van der Waals surface area contributed by atoms with Crippen LogP contribution in [0.1, 0.15) is 18.5 Å². The molecule has 8 nitrogen and oxygen atoms in total. The first-order valence-corrected chi connectivity index (χ1v) is 8.77. The van der Waals surface area contributed by atoms with E-state index in [2.05, 4.69) is 20.5 Å². The topological polar surface area (TPSA) is 93.7 Å². The number of aliphatic imine (C=N–C) groups is 1. The van der Waals surface area contributed by atoms with E-state index in [-0.39, 0.29) is 18.2 Å². The Bertz CT molecular complexity index is 892. The summed E-state index contributed by atoms with van der Waals surface area (Å²) in [4.78, 5) is 33.3. The number of guanidine groups is 1. The Kier molecular flexibility index (Phi) is 3.90. The third-order valence-electron chi connectivity index (χ3n) is 5.20. The Morgan fingerprint density at radius 3 is 2.69 bits per heavy atom. The van der Waals surface area contributed by atoms with Gasteiger partial charge in [-0.3, -0.25) is 20.0 Å². The second-order valence-electron chi connectivity index (χ2n) is 7.09. The summed E-state index contributed by atoms with van der Waals surface area (Å²) in [7, 11) is 3.71. The van der Waals surface area contributed by atoms with E-state index in [1.54, 1.807) is 4.90 Å². The second-order valence-corrected chi connectivity index (χ2v) is 7.09. The van der Waals surface area contributed by atoms with Crippen LogP contribution in [-0.2, 0) is 16.0 Å². The van der Waals surface area contributed by atoms with Gasteiger partial charge in [0.25, 0.3) is 5.91 Å². The highest BCUT2D eigenvalue weighted by Crippen LogP contribution is 2.30. The third-order valence-corrected chi connectivity index (χ3v) is 5.20. The zero-order valence-electron chi connectivity index (χ0n) is 15.0. The molecule has 0 saturated carbocycles. The average Bonchev–Trinajstić information content (AvgIpc) is 3.18. The number of para-hydroxylation sites is 1. The Hall–Kier alpha value is -2.90. The fourth-order valence-corrected chi connectivity index (χ4v) is 3.59.